The van der Waals surface area contributed by atoms with Gasteiger partial charge in [-0.05, 0) is 12.1 Å². The summed E-state index contributed by atoms with van der Waals surface area (Å²) < 4.78 is 0. The Morgan fingerprint density at radius 1 is 1.27 bits per heavy atom. The number of rotatable bonds is 0. The molecule has 0 saturated carbocycles. The first kappa shape index (κ1) is 13.2. The Bertz CT molecular complexity index is 174. The third-order valence-electron chi connectivity index (χ3n) is 0.818. The van der Waals surface area contributed by atoms with Crippen LogP contribution in [0.25, 0.3) is 0 Å². The maximum Gasteiger partial charge on any atom is 2.00 e. The van der Waals surface area contributed by atoms with Gasteiger partial charge in [-0.2, -0.15) is 7.11 Å². The van der Waals surface area contributed by atoms with Crippen molar-refractivity contribution in [2.24, 2.45) is 0 Å². The number of aromatic hydroxyl groups is 1. The average Bonchev–Trinajstić information content (AvgIpc) is 1.91. The summed E-state index contributed by atoms with van der Waals surface area (Å²) in [6.45, 7) is 0. The second-order valence-electron chi connectivity index (χ2n) is 1.50. The van der Waals surface area contributed by atoms with Gasteiger partial charge in [-0.1, -0.05) is 12.1 Å². The van der Waals surface area contributed by atoms with Gasteiger partial charge in [-0.15, -0.1) is 5.75 Å². The summed E-state index contributed by atoms with van der Waals surface area (Å²) in [6.07, 6.45) is 0. The van der Waals surface area contributed by atoms with Gasteiger partial charge in [0.15, 0.2) is 0 Å². The number of hydrogen-bond acceptors (Lipinski definition) is 3. The largest absolute Gasteiger partial charge is 2.00 e. The fourth-order valence-electron chi connectivity index (χ4n) is 0.484. The van der Waals surface area contributed by atoms with E-state index in [1.165, 1.54) is 24.3 Å². The van der Waals surface area contributed by atoms with Gasteiger partial charge in [0.25, 0.3) is 0 Å². The molecule has 1 N–H and O–H groups in total. The van der Waals surface area contributed by atoms with Crippen LogP contribution in [0.15, 0.2) is 24.3 Å². The molecule has 0 aliphatic carbocycles. The Balaban J connectivity index is 0. The number of benzene rings is 1. The molecule has 0 aliphatic heterocycles. The second-order valence-corrected chi connectivity index (χ2v) is 1.50. The zero-order valence-electron chi connectivity index (χ0n) is 6.28. The van der Waals surface area contributed by atoms with E-state index < -0.39 is 0 Å². The second kappa shape index (κ2) is 7.65. The molecule has 0 fully saturated rings. The van der Waals surface area contributed by atoms with E-state index in [0.29, 0.717) is 0 Å². The van der Waals surface area contributed by atoms with Crippen LogP contribution in [0.4, 0.5) is 0 Å². The molecule has 0 bridgehead atoms. The third kappa shape index (κ3) is 5.97. The van der Waals surface area contributed by atoms with Crippen LogP contribution in [0.2, 0.25) is 0 Å². The predicted octanol–water partition coefficient (Wildman–Crippen LogP) is -0.938. The van der Waals surface area contributed by atoms with Crippen LogP contribution >= 0.6 is 0 Å². The zero-order chi connectivity index (χ0) is 7.98. The summed E-state index contributed by atoms with van der Waals surface area (Å²) in [4.78, 5) is 0. The smallest absolute Gasteiger partial charge is 0.872 e. The molecule has 11 heavy (non-hydrogen) atoms. The van der Waals surface area contributed by atoms with E-state index in [2.05, 4.69) is 0 Å². The van der Waals surface area contributed by atoms with Crippen LogP contribution in [0.5, 0.6) is 11.5 Å². The Morgan fingerprint density at radius 3 is 2.09 bits per heavy atom. The molecule has 1 aromatic carbocycles. The molecule has 0 saturated heterocycles. The van der Waals surface area contributed by atoms with Gasteiger partial charge < -0.3 is 15.3 Å². The Kier molecular flexibility index (Phi) is 9.15. The molecule has 1 rings (SSSR count). The minimum absolute atomic E-state index is 0. The van der Waals surface area contributed by atoms with Crippen LogP contribution in [0.1, 0.15) is 0 Å². The topological polar surface area (TPSA) is 66.3 Å². The van der Waals surface area contributed by atoms with Gasteiger partial charge in [0.2, 0.25) is 0 Å². The van der Waals surface area contributed by atoms with Crippen molar-refractivity contribution in [3.63, 3.8) is 0 Å². The van der Waals surface area contributed by atoms with Crippen molar-refractivity contribution < 1.29 is 15.3 Å². The van der Waals surface area contributed by atoms with Crippen molar-refractivity contribution in [2.75, 3.05) is 7.11 Å². The van der Waals surface area contributed by atoms with E-state index in [1.807, 2.05) is 0 Å². The number of phenols is 1. The minimum atomic E-state index is -0.162. The van der Waals surface area contributed by atoms with E-state index in [0.717, 1.165) is 7.11 Å². The maximum absolute atomic E-state index is 10.3. The molecule has 3 nitrogen and oxygen atoms in total. The van der Waals surface area contributed by atoms with Gasteiger partial charge in [0.1, 0.15) is 5.75 Å². The summed E-state index contributed by atoms with van der Waals surface area (Å²) in [6, 6.07) is 5.53. The third-order valence-corrected chi connectivity index (χ3v) is 0.818. The molecule has 56 valence electrons. The molecule has 0 spiro atoms. The van der Waals surface area contributed by atoms with E-state index in [9.17, 15) is 5.11 Å². The van der Waals surface area contributed by atoms with Crippen molar-refractivity contribution in [2.45, 2.75) is 0 Å². The summed E-state index contributed by atoms with van der Waals surface area (Å²) in [5.41, 5.74) is 0. The standard InChI is InChI=1S/C6H6O2.CH3O.Mg/c7-5-2-1-3-6(8)4-5;1-2;/h1-4,7-8H;1H3;/q;-1;+2/p-1. The molecule has 0 amide bonds. The van der Waals surface area contributed by atoms with Crippen LogP contribution in [0, 0.1) is 0 Å². The molecule has 4 heteroatoms. The number of phenolic OH excluding ortho intramolecular Hbond substituents is 1. The Labute approximate surface area is 81.5 Å². The quantitative estimate of drug-likeness (QED) is 0.504. The monoisotopic (exact) mass is 164 g/mol. The van der Waals surface area contributed by atoms with Crippen molar-refractivity contribution in [3.8, 4) is 11.5 Å². The van der Waals surface area contributed by atoms with Crippen molar-refractivity contribution >= 4 is 23.1 Å². The first-order valence-electron chi connectivity index (χ1n) is 2.66. The number of hydrogen-bond donors (Lipinski definition) is 1. The molecular formula is C7H8MgO3. The van der Waals surface area contributed by atoms with Crippen molar-refractivity contribution in [3.05, 3.63) is 24.3 Å². The Morgan fingerprint density at radius 2 is 1.82 bits per heavy atom. The van der Waals surface area contributed by atoms with Gasteiger partial charge in [-0.25, -0.2) is 0 Å². The summed E-state index contributed by atoms with van der Waals surface area (Å²) in [7, 11) is 0.750. The summed E-state index contributed by atoms with van der Waals surface area (Å²) >= 11 is 0. The zero-order valence-corrected chi connectivity index (χ0v) is 7.69. The minimum Gasteiger partial charge on any atom is -0.872 e. The molecule has 0 unspecified atom stereocenters. The molecule has 0 aliphatic rings. The van der Waals surface area contributed by atoms with E-state index in [4.69, 9.17) is 10.2 Å². The van der Waals surface area contributed by atoms with Crippen LogP contribution < -0.4 is 10.2 Å². The summed E-state index contributed by atoms with van der Waals surface area (Å²) in [5.74, 6) is -0.137. The van der Waals surface area contributed by atoms with Crippen LogP contribution in [0.3, 0.4) is 0 Å². The fraction of sp³-hybridized carbons (Fsp3) is 0.143. The van der Waals surface area contributed by atoms with Gasteiger partial charge in [0.05, 0.1) is 0 Å². The van der Waals surface area contributed by atoms with Crippen molar-refractivity contribution in [1.29, 1.82) is 0 Å². The molecule has 0 aromatic heterocycles. The predicted molar refractivity (Wildman–Crippen MR) is 39.2 cm³/mol. The molecule has 0 atom stereocenters. The summed E-state index contributed by atoms with van der Waals surface area (Å²) in [5, 5.41) is 27.2. The molecule has 0 heterocycles. The van der Waals surface area contributed by atoms with Crippen molar-refractivity contribution in [1.82, 2.24) is 0 Å². The van der Waals surface area contributed by atoms with Crippen LogP contribution in [-0.4, -0.2) is 35.3 Å². The first-order chi connectivity index (χ1) is 4.79. The fourth-order valence-corrected chi connectivity index (χ4v) is 0.484. The molecule has 0 radical (unpaired) electrons. The van der Waals surface area contributed by atoms with E-state index >= 15 is 0 Å². The van der Waals surface area contributed by atoms with Crippen LogP contribution in [-0.2, 0) is 0 Å². The van der Waals surface area contributed by atoms with Gasteiger partial charge >= 0.3 is 23.1 Å². The van der Waals surface area contributed by atoms with Gasteiger partial charge in [0, 0.05) is 0 Å². The normalized spacial score (nSPS) is 7.09. The van der Waals surface area contributed by atoms with E-state index in [1.54, 1.807) is 0 Å². The SMILES string of the molecule is C[O-].[Mg+2].[O-]c1cccc(O)c1. The molecule has 1 aromatic rings. The Hall–Kier alpha value is -0.454. The molecular weight excluding hydrogens is 156 g/mol. The van der Waals surface area contributed by atoms with E-state index in [-0.39, 0.29) is 34.6 Å². The first-order valence-corrected chi connectivity index (χ1v) is 2.66. The van der Waals surface area contributed by atoms with Gasteiger partial charge in [-0.3, -0.25) is 0 Å². The average molecular weight is 164 g/mol. The maximum atomic E-state index is 10.3.